The lowest BCUT2D eigenvalue weighted by Crippen LogP contribution is -2.14. The lowest BCUT2D eigenvalue weighted by Gasteiger charge is -2.06. The smallest absolute Gasteiger partial charge is 0.306 e. The second-order valence-electron chi connectivity index (χ2n) is 5.31. The minimum atomic E-state index is -0.190. The minimum absolute atomic E-state index is 0.0813. The molecule has 5 nitrogen and oxygen atoms in total. The number of aryl methyl sites for hydroxylation is 2. The number of nitrogens with zero attached hydrogens (tertiary/aromatic N) is 1. The van der Waals surface area contributed by atoms with Gasteiger partial charge in [0.2, 0.25) is 5.91 Å². The Morgan fingerprint density at radius 3 is 2.58 bits per heavy atom. The summed E-state index contributed by atoms with van der Waals surface area (Å²) in [6, 6.07) is 7.51. The van der Waals surface area contributed by atoms with Crippen LogP contribution in [0.25, 0.3) is 0 Å². The molecule has 1 heterocycles. The van der Waals surface area contributed by atoms with Gasteiger partial charge in [-0.3, -0.25) is 9.59 Å². The molecule has 0 radical (unpaired) electrons. The number of rotatable bonds is 8. The van der Waals surface area contributed by atoms with Gasteiger partial charge < -0.3 is 10.1 Å². The van der Waals surface area contributed by atoms with Crippen LogP contribution in [-0.4, -0.2) is 23.5 Å². The van der Waals surface area contributed by atoms with Gasteiger partial charge in [-0.1, -0.05) is 19.1 Å². The van der Waals surface area contributed by atoms with Gasteiger partial charge in [0.25, 0.3) is 0 Å². The van der Waals surface area contributed by atoms with E-state index in [1.54, 1.807) is 18.3 Å². The largest absolute Gasteiger partial charge is 0.466 e. The monoisotopic (exact) mass is 346 g/mol. The summed E-state index contributed by atoms with van der Waals surface area (Å²) in [5.74, 6) is -0.271. The molecule has 24 heavy (non-hydrogen) atoms. The van der Waals surface area contributed by atoms with Crippen molar-refractivity contribution in [2.45, 2.75) is 39.5 Å². The van der Waals surface area contributed by atoms with Gasteiger partial charge in [-0.15, -0.1) is 11.3 Å². The lowest BCUT2D eigenvalue weighted by molar-refractivity contribution is -0.143. The molecule has 0 bridgehead atoms. The van der Waals surface area contributed by atoms with Crippen LogP contribution < -0.4 is 5.32 Å². The molecule has 1 N–H and O–H groups in total. The van der Waals surface area contributed by atoms with Gasteiger partial charge in [0, 0.05) is 17.5 Å². The fourth-order valence-corrected chi connectivity index (χ4v) is 2.94. The highest BCUT2D eigenvalue weighted by molar-refractivity contribution is 7.09. The number of ether oxygens (including phenoxy) is 1. The highest BCUT2D eigenvalue weighted by Crippen LogP contribution is 2.14. The summed E-state index contributed by atoms with van der Waals surface area (Å²) >= 11 is 1.58. The van der Waals surface area contributed by atoms with E-state index in [0.29, 0.717) is 19.4 Å². The Balaban J connectivity index is 1.82. The Hall–Kier alpha value is -2.21. The van der Waals surface area contributed by atoms with Crippen LogP contribution in [0.4, 0.5) is 5.69 Å². The number of amides is 1. The van der Waals surface area contributed by atoms with Gasteiger partial charge in [-0.2, -0.15) is 0 Å². The Morgan fingerprint density at radius 1 is 1.21 bits per heavy atom. The molecule has 0 saturated carbocycles. The van der Waals surface area contributed by atoms with Crippen LogP contribution >= 0.6 is 11.3 Å². The van der Waals surface area contributed by atoms with E-state index in [-0.39, 0.29) is 18.3 Å². The quantitative estimate of drug-likeness (QED) is 0.744. The SMILES string of the molecule is CCOC(=O)CCc1ccc(NC(=O)Cc2csc(CC)n2)cc1. The van der Waals surface area contributed by atoms with Crippen LogP contribution in [-0.2, 0) is 33.6 Å². The van der Waals surface area contributed by atoms with E-state index in [0.717, 1.165) is 28.4 Å². The Labute approximate surface area is 146 Å². The molecular formula is C18H22N2O3S. The number of benzene rings is 1. The first-order valence-electron chi connectivity index (χ1n) is 8.08. The number of carbonyl (C=O) groups excluding carboxylic acids is 2. The van der Waals surface area contributed by atoms with Gasteiger partial charge in [-0.05, 0) is 37.5 Å². The van der Waals surface area contributed by atoms with Crippen LogP contribution in [0.3, 0.4) is 0 Å². The summed E-state index contributed by atoms with van der Waals surface area (Å²) < 4.78 is 4.91. The molecule has 2 rings (SSSR count). The topological polar surface area (TPSA) is 68.3 Å². The Morgan fingerprint density at radius 2 is 1.96 bits per heavy atom. The highest BCUT2D eigenvalue weighted by Gasteiger charge is 2.08. The molecule has 0 fully saturated rings. The number of anilines is 1. The number of hydrogen-bond acceptors (Lipinski definition) is 5. The van der Waals surface area contributed by atoms with Crippen molar-refractivity contribution in [3.05, 3.63) is 45.9 Å². The molecule has 0 aliphatic heterocycles. The third-order valence-electron chi connectivity index (χ3n) is 3.40. The second-order valence-corrected chi connectivity index (χ2v) is 6.26. The number of nitrogens with one attached hydrogen (secondary N) is 1. The molecule has 1 aromatic heterocycles. The molecule has 0 saturated heterocycles. The minimum Gasteiger partial charge on any atom is -0.466 e. The normalized spacial score (nSPS) is 10.4. The van der Waals surface area contributed by atoms with Gasteiger partial charge in [0.1, 0.15) is 0 Å². The Kier molecular flexibility index (Phi) is 6.93. The Bertz CT molecular complexity index is 680. The summed E-state index contributed by atoms with van der Waals surface area (Å²) in [5.41, 5.74) is 2.58. The number of hydrogen-bond donors (Lipinski definition) is 1. The van der Waals surface area contributed by atoms with Crippen LogP contribution in [0.15, 0.2) is 29.6 Å². The van der Waals surface area contributed by atoms with E-state index < -0.39 is 0 Å². The number of aromatic nitrogens is 1. The van der Waals surface area contributed by atoms with E-state index in [4.69, 9.17) is 4.74 Å². The summed E-state index contributed by atoms with van der Waals surface area (Å²) in [5, 5.41) is 5.84. The number of carbonyl (C=O) groups is 2. The molecule has 1 amide bonds. The average molecular weight is 346 g/mol. The first-order valence-corrected chi connectivity index (χ1v) is 8.96. The zero-order chi connectivity index (χ0) is 17.4. The lowest BCUT2D eigenvalue weighted by atomic mass is 10.1. The van der Waals surface area contributed by atoms with Crippen molar-refractivity contribution in [1.82, 2.24) is 4.98 Å². The average Bonchev–Trinajstić information content (AvgIpc) is 3.02. The molecule has 0 aliphatic rings. The van der Waals surface area contributed by atoms with Gasteiger partial charge in [0.05, 0.1) is 23.7 Å². The maximum absolute atomic E-state index is 12.0. The predicted octanol–water partition coefficient (Wildman–Crippen LogP) is 3.38. The summed E-state index contributed by atoms with van der Waals surface area (Å²) in [4.78, 5) is 27.8. The van der Waals surface area contributed by atoms with Gasteiger partial charge >= 0.3 is 5.97 Å². The van der Waals surface area contributed by atoms with Crippen LogP contribution in [0.5, 0.6) is 0 Å². The van der Waals surface area contributed by atoms with E-state index in [2.05, 4.69) is 10.3 Å². The fraction of sp³-hybridized carbons (Fsp3) is 0.389. The maximum Gasteiger partial charge on any atom is 0.306 e. The molecule has 0 atom stereocenters. The number of esters is 1. The molecule has 0 unspecified atom stereocenters. The van der Waals surface area contributed by atoms with Crippen LogP contribution in [0, 0.1) is 0 Å². The molecule has 1 aromatic carbocycles. The van der Waals surface area contributed by atoms with E-state index >= 15 is 0 Å². The van der Waals surface area contributed by atoms with Gasteiger partial charge in [0.15, 0.2) is 0 Å². The molecule has 6 heteroatoms. The summed E-state index contributed by atoms with van der Waals surface area (Å²) in [6.45, 7) is 4.25. The van der Waals surface area contributed by atoms with Gasteiger partial charge in [-0.25, -0.2) is 4.98 Å². The van der Waals surface area contributed by atoms with Crippen molar-refractivity contribution in [3.8, 4) is 0 Å². The first-order chi connectivity index (χ1) is 11.6. The third-order valence-corrected chi connectivity index (χ3v) is 4.45. The van der Waals surface area contributed by atoms with E-state index in [1.807, 2.05) is 36.6 Å². The summed E-state index contributed by atoms with van der Waals surface area (Å²) in [7, 11) is 0. The molecular weight excluding hydrogens is 324 g/mol. The number of thiazole rings is 1. The summed E-state index contributed by atoms with van der Waals surface area (Å²) in [6.07, 6.45) is 2.16. The standard InChI is InChI=1S/C18H22N2O3S/c1-3-17-20-15(12-24-17)11-16(21)19-14-8-5-13(6-9-14)7-10-18(22)23-4-2/h5-6,8-9,12H,3-4,7,10-11H2,1-2H3,(H,19,21). The second kappa shape index (κ2) is 9.17. The van der Waals surface area contributed by atoms with Crippen LogP contribution in [0.1, 0.15) is 36.5 Å². The predicted molar refractivity (Wildman–Crippen MR) is 95.2 cm³/mol. The van der Waals surface area contributed by atoms with E-state index in [9.17, 15) is 9.59 Å². The van der Waals surface area contributed by atoms with Crippen molar-refractivity contribution in [1.29, 1.82) is 0 Å². The maximum atomic E-state index is 12.0. The van der Waals surface area contributed by atoms with Crippen molar-refractivity contribution in [2.24, 2.45) is 0 Å². The highest BCUT2D eigenvalue weighted by atomic mass is 32.1. The first kappa shape index (κ1) is 18.1. The molecule has 2 aromatic rings. The van der Waals surface area contributed by atoms with Crippen molar-refractivity contribution >= 4 is 28.9 Å². The van der Waals surface area contributed by atoms with Crippen molar-refractivity contribution in [2.75, 3.05) is 11.9 Å². The zero-order valence-corrected chi connectivity index (χ0v) is 14.8. The van der Waals surface area contributed by atoms with E-state index in [1.165, 1.54) is 0 Å². The third kappa shape index (κ3) is 5.77. The molecule has 0 spiro atoms. The van der Waals surface area contributed by atoms with Crippen LogP contribution in [0.2, 0.25) is 0 Å². The molecule has 128 valence electrons. The van der Waals surface area contributed by atoms with Crippen molar-refractivity contribution < 1.29 is 14.3 Å². The van der Waals surface area contributed by atoms with Crippen molar-refractivity contribution in [3.63, 3.8) is 0 Å². The zero-order valence-electron chi connectivity index (χ0n) is 14.0. The molecule has 0 aliphatic carbocycles. The fourth-order valence-electron chi connectivity index (χ4n) is 2.20.